The number of nitrogens with zero attached hydrogens (tertiary/aromatic N) is 3. The molecular formula is C22H31N3O. The van der Waals surface area contributed by atoms with Gasteiger partial charge in [0.25, 0.3) is 0 Å². The van der Waals surface area contributed by atoms with Crippen LogP contribution in [0.25, 0.3) is 5.69 Å². The van der Waals surface area contributed by atoms with Gasteiger partial charge < -0.3 is 9.30 Å². The van der Waals surface area contributed by atoms with E-state index in [1.54, 1.807) is 0 Å². The Kier molecular flexibility index (Phi) is 5.70. The van der Waals surface area contributed by atoms with Gasteiger partial charge in [-0.15, -0.1) is 0 Å². The van der Waals surface area contributed by atoms with E-state index in [4.69, 9.17) is 9.84 Å². The molecule has 0 saturated carbocycles. The van der Waals surface area contributed by atoms with Crippen LogP contribution in [0, 0.1) is 13.8 Å². The van der Waals surface area contributed by atoms with Crippen LogP contribution in [0.3, 0.4) is 0 Å². The zero-order valence-corrected chi connectivity index (χ0v) is 16.7. The van der Waals surface area contributed by atoms with Crippen molar-refractivity contribution in [2.24, 2.45) is 5.10 Å². The Hall–Kier alpha value is -2.23. The summed E-state index contributed by atoms with van der Waals surface area (Å²) in [6, 6.07) is 11.5. The summed E-state index contributed by atoms with van der Waals surface area (Å²) in [7, 11) is 0. The Morgan fingerprint density at radius 3 is 2.38 bits per heavy atom. The summed E-state index contributed by atoms with van der Waals surface area (Å²) >= 11 is 0. The quantitative estimate of drug-likeness (QED) is 0.701. The van der Waals surface area contributed by atoms with E-state index in [1.165, 1.54) is 36.2 Å². The van der Waals surface area contributed by atoms with E-state index in [0.29, 0.717) is 18.7 Å². The predicted molar refractivity (Wildman–Crippen MR) is 109 cm³/mol. The Morgan fingerprint density at radius 2 is 1.77 bits per heavy atom. The van der Waals surface area contributed by atoms with Crippen molar-refractivity contribution in [2.45, 2.75) is 66.0 Å². The standard InChI is InChI=1S/C22H31N3O/c1-6-26-22-12-10-21(11-13-22)24-18(4)14-20(19(24)5)15-23-25-16(2)8-7-9-17(25)3/h10-17H,6-9H2,1-5H3. The number of aryl methyl sites for hydroxylation is 1. The van der Waals surface area contributed by atoms with Crippen molar-refractivity contribution >= 4 is 6.21 Å². The van der Waals surface area contributed by atoms with Crippen molar-refractivity contribution in [2.75, 3.05) is 6.61 Å². The average molecular weight is 354 g/mol. The molecule has 0 bridgehead atoms. The SMILES string of the molecule is CCOc1ccc(-n2c(C)cc(C=NN3C(C)CCCC3C)c2C)cc1. The summed E-state index contributed by atoms with van der Waals surface area (Å²) in [4.78, 5) is 0. The first kappa shape index (κ1) is 18.6. The minimum absolute atomic E-state index is 0.518. The normalized spacial score (nSPS) is 20.7. The van der Waals surface area contributed by atoms with Gasteiger partial charge in [0.15, 0.2) is 0 Å². The first-order chi connectivity index (χ1) is 12.5. The summed E-state index contributed by atoms with van der Waals surface area (Å²) in [5.74, 6) is 0.911. The van der Waals surface area contributed by atoms with Crippen LogP contribution in [-0.2, 0) is 0 Å². The Morgan fingerprint density at radius 1 is 1.12 bits per heavy atom. The molecular weight excluding hydrogens is 322 g/mol. The predicted octanol–water partition coefficient (Wildman–Crippen LogP) is 5.09. The fraction of sp³-hybridized carbons (Fsp3) is 0.500. The second kappa shape index (κ2) is 7.98. The van der Waals surface area contributed by atoms with Crippen LogP contribution >= 0.6 is 0 Å². The number of aromatic nitrogens is 1. The lowest BCUT2D eigenvalue weighted by atomic mass is 10.00. The molecule has 0 amide bonds. The Balaban J connectivity index is 1.84. The van der Waals surface area contributed by atoms with Crippen molar-refractivity contribution in [1.29, 1.82) is 0 Å². The third-order valence-electron chi connectivity index (χ3n) is 5.35. The van der Waals surface area contributed by atoms with Crippen LogP contribution in [0.2, 0.25) is 0 Å². The lowest BCUT2D eigenvalue weighted by molar-refractivity contribution is 0.109. The van der Waals surface area contributed by atoms with E-state index >= 15 is 0 Å². The van der Waals surface area contributed by atoms with E-state index in [0.717, 1.165) is 11.4 Å². The largest absolute Gasteiger partial charge is 0.494 e. The third-order valence-corrected chi connectivity index (χ3v) is 5.35. The fourth-order valence-corrected chi connectivity index (χ4v) is 3.94. The van der Waals surface area contributed by atoms with Crippen LogP contribution in [-0.4, -0.2) is 34.5 Å². The number of rotatable bonds is 5. The second-order valence-corrected chi connectivity index (χ2v) is 7.34. The van der Waals surface area contributed by atoms with Crippen LogP contribution < -0.4 is 4.74 Å². The highest BCUT2D eigenvalue weighted by Gasteiger charge is 2.22. The maximum absolute atomic E-state index is 5.55. The average Bonchev–Trinajstić information content (AvgIpc) is 2.89. The number of ether oxygens (including phenoxy) is 1. The lowest BCUT2D eigenvalue weighted by Gasteiger charge is -2.36. The van der Waals surface area contributed by atoms with Crippen LogP contribution in [0.1, 0.15) is 57.0 Å². The van der Waals surface area contributed by atoms with Crippen molar-refractivity contribution in [1.82, 2.24) is 9.58 Å². The highest BCUT2D eigenvalue weighted by molar-refractivity contribution is 5.82. The van der Waals surface area contributed by atoms with Crippen molar-refractivity contribution < 1.29 is 4.74 Å². The van der Waals surface area contributed by atoms with E-state index in [2.05, 4.69) is 55.5 Å². The second-order valence-electron chi connectivity index (χ2n) is 7.34. The summed E-state index contributed by atoms with van der Waals surface area (Å²) in [5, 5.41) is 7.11. The maximum atomic E-state index is 5.55. The highest BCUT2D eigenvalue weighted by atomic mass is 16.5. The number of benzene rings is 1. The van der Waals surface area contributed by atoms with Gasteiger partial charge in [0.05, 0.1) is 12.8 Å². The zero-order chi connectivity index (χ0) is 18.7. The molecule has 0 radical (unpaired) electrons. The number of hydrogen-bond donors (Lipinski definition) is 0. The molecule has 2 unspecified atom stereocenters. The number of piperidine rings is 1. The van der Waals surface area contributed by atoms with Gasteiger partial charge in [0.1, 0.15) is 5.75 Å². The summed E-state index contributed by atoms with van der Waals surface area (Å²) < 4.78 is 7.83. The smallest absolute Gasteiger partial charge is 0.119 e. The molecule has 1 aliphatic rings. The minimum Gasteiger partial charge on any atom is -0.494 e. The molecule has 2 heterocycles. The number of hydrogen-bond acceptors (Lipinski definition) is 3. The van der Waals surface area contributed by atoms with E-state index in [-0.39, 0.29) is 0 Å². The highest BCUT2D eigenvalue weighted by Crippen LogP contribution is 2.24. The first-order valence-corrected chi connectivity index (χ1v) is 9.75. The fourth-order valence-electron chi connectivity index (χ4n) is 3.94. The molecule has 3 rings (SSSR count). The monoisotopic (exact) mass is 353 g/mol. The summed E-state index contributed by atoms with van der Waals surface area (Å²) in [5.41, 5.74) is 4.77. The molecule has 1 aliphatic heterocycles. The summed E-state index contributed by atoms with van der Waals surface area (Å²) in [6.07, 6.45) is 5.80. The topological polar surface area (TPSA) is 29.8 Å². The minimum atomic E-state index is 0.518. The molecule has 2 aromatic rings. The van der Waals surface area contributed by atoms with Gasteiger partial charge in [-0.3, -0.25) is 5.01 Å². The molecule has 0 spiro atoms. The Labute approximate surface area is 157 Å². The Bertz CT molecular complexity index is 750. The molecule has 140 valence electrons. The van der Waals surface area contributed by atoms with Gasteiger partial charge in [-0.05, 0) is 84.2 Å². The van der Waals surface area contributed by atoms with Gasteiger partial charge >= 0.3 is 0 Å². The van der Waals surface area contributed by atoms with Crippen molar-refractivity contribution in [3.63, 3.8) is 0 Å². The molecule has 1 fully saturated rings. The van der Waals surface area contributed by atoms with Crippen LogP contribution in [0.5, 0.6) is 5.75 Å². The molecule has 1 saturated heterocycles. The molecule has 1 aromatic carbocycles. The van der Waals surface area contributed by atoms with Crippen LogP contribution in [0.15, 0.2) is 35.4 Å². The van der Waals surface area contributed by atoms with Crippen molar-refractivity contribution in [3.8, 4) is 11.4 Å². The zero-order valence-electron chi connectivity index (χ0n) is 16.7. The van der Waals surface area contributed by atoms with E-state index < -0.39 is 0 Å². The maximum Gasteiger partial charge on any atom is 0.119 e. The molecule has 2 atom stereocenters. The van der Waals surface area contributed by atoms with Gasteiger partial charge in [-0.25, -0.2) is 0 Å². The van der Waals surface area contributed by atoms with Gasteiger partial charge in [-0.2, -0.15) is 5.10 Å². The first-order valence-electron chi connectivity index (χ1n) is 9.75. The van der Waals surface area contributed by atoms with Gasteiger partial charge in [0.2, 0.25) is 0 Å². The summed E-state index contributed by atoms with van der Waals surface area (Å²) in [6.45, 7) is 11.5. The lowest BCUT2D eigenvalue weighted by Crippen LogP contribution is -2.39. The molecule has 1 aromatic heterocycles. The van der Waals surface area contributed by atoms with Crippen LogP contribution in [0.4, 0.5) is 0 Å². The molecule has 4 heteroatoms. The van der Waals surface area contributed by atoms with E-state index in [9.17, 15) is 0 Å². The molecule has 0 N–H and O–H groups in total. The molecule has 26 heavy (non-hydrogen) atoms. The van der Waals surface area contributed by atoms with Gasteiger partial charge in [-0.1, -0.05) is 0 Å². The van der Waals surface area contributed by atoms with Gasteiger partial charge in [0, 0.05) is 34.7 Å². The molecule has 4 nitrogen and oxygen atoms in total. The molecule has 0 aliphatic carbocycles. The third kappa shape index (κ3) is 3.79. The van der Waals surface area contributed by atoms with Crippen molar-refractivity contribution in [3.05, 3.63) is 47.3 Å². The number of hydrazone groups is 1. The van der Waals surface area contributed by atoms with E-state index in [1.807, 2.05) is 25.3 Å².